The van der Waals surface area contributed by atoms with Crippen LogP contribution in [-0.4, -0.2) is 38.1 Å². The number of ether oxygens (including phenoxy) is 1. The molecule has 0 aliphatic heterocycles. The van der Waals surface area contributed by atoms with Gasteiger partial charge in [0.25, 0.3) is 5.91 Å². The molecule has 0 atom stereocenters. The average Bonchev–Trinajstić information content (AvgIpc) is 3.18. The van der Waals surface area contributed by atoms with E-state index in [0.717, 1.165) is 11.8 Å². The van der Waals surface area contributed by atoms with Gasteiger partial charge in [0.2, 0.25) is 5.01 Å². The van der Waals surface area contributed by atoms with Gasteiger partial charge in [-0.3, -0.25) is 4.79 Å². The van der Waals surface area contributed by atoms with Crippen molar-refractivity contribution in [3.8, 4) is 11.3 Å². The number of nitrogens with zero attached hydrogens (tertiary/aromatic N) is 1. The lowest BCUT2D eigenvalue weighted by molar-refractivity contribution is 0.0526. The van der Waals surface area contributed by atoms with E-state index in [1.807, 2.05) is 0 Å². The third-order valence-corrected chi connectivity index (χ3v) is 6.25. The summed E-state index contributed by atoms with van der Waals surface area (Å²) >= 11 is 7.28. The van der Waals surface area contributed by atoms with Gasteiger partial charge in [-0.2, -0.15) is 0 Å². The molecule has 0 saturated heterocycles. The number of carbonyl (C=O) groups is 2. The van der Waals surface area contributed by atoms with Gasteiger partial charge in [0.15, 0.2) is 9.84 Å². The predicted molar refractivity (Wildman–Crippen MR) is 116 cm³/mol. The van der Waals surface area contributed by atoms with Gasteiger partial charge in [0, 0.05) is 22.9 Å². The first-order chi connectivity index (χ1) is 14.2. The number of sulfone groups is 1. The van der Waals surface area contributed by atoms with Crippen molar-refractivity contribution in [2.45, 2.75) is 11.8 Å². The molecule has 2 aromatic carbocycles. The van der Waals surface area contributed by atoms with Crippen LogP contribution < -0.4 is 5.32 Å². The number of benzene rings is 2. The number of thiazole rings is 1. The van der Waals surface area contributed by atoms with Crippen LogP contribution in [0, 0.1) is 0 Å². The Kier molecular flexibility index (Phi) is 6.55. The number of nitrogens with one attached hydrogen (secondary N) is 1. The molecule has 0 bridgehead atoms. The smallest absolute Gasteiger partial charge is 0.367 e. The van der Waals surface area contributed by atoms with E-state index in [1.165, 1.54) is 29.5 Å². The second kappa shape index (κ2) is 8.95. The Balaban J connectivity index is 1.73. The maximum atomic E-state index is 12.5. The molecule has 1 heterocycles. The second-order valence-corrected chi connectivity index (χ2v) is 9.48. The number of hydrogen-bond donors (Lipinski definition) is 1. The van der Waals surface area contributed by atoms with Crippen LogP contribution in [0.5, 0.6) is 0 Å². The van der Waals surface area contributed by atoms with Gasteiger partial charge in [-0.25, -0.2) is 18.2 Å². The second-order valence-electron chi connectivity index (χ2n) is 6.20. The molecule has 1 N–H and O–H groups in total. The summed E-state index contributed by atoms with van der Waals surface area (Å²) in [4.78, 5) is 28.5. The van der Waals surface area contributed by atoms with Crippen molar-refractivity contribution in [1.29, 1.82) is 0 Å². The van der Waals surface area contributed by atoms with Crippen LogP contribution in [0.2, 0.25) is 5.02 Å². The van der Waals surface area contributed by atoms with Crippen molar-refractivity contribution in [2.75, 3.05) is 18.2 Å². The zero-order chi connectivity index (χ0) is 21.9. The Hall–Kier alpha value is -2.75. The van der Waals surface area contributed by atoms with Crippen molar-refractivity contribution in [3.63, 3.8) is 0 Å². The summed E-state index contributed by atoms with van der Waals surface area (Å²) in [6.45, 7) is 2.01. The van der Waals surface area contributed by atoms with Crippen molar-refractivity contribution in [3.05, 3.63) is 63.4 Å². The van der Waals surface area contributed by atoms with Crippen molar-refractivity contribution < 1.29 is 22.7 Å². The molecule has 0 saturated carbocycles. The minimum Gasteiger partial charge on any atom is -0.461 e. The van der Waals surface area contributed by atoms with E-state index in [9.17, 15) is 18.0 Å². The number of halogens is 1. The molecule has 1 aromatic heterocycles. The monoisotopic (exact) mass is 464 g/mol. The highest BCUT2D eigenvalue weighted by Gasteiger charge is 2.16. The topological polar surface area (TPSA) is 102 Å². The van der Waals surface area contributed by atoms with E-state index in [1.54, 1.807) is 36.6 Å². The Labute approximate surface area is 182 Å². The zero-order valence-corrected chi connectivity index (χ0v) is 18.4. The number of esters is 1. The van der Waals surface area contributed by atoms with Crippen LogP contribution in [0.1, 0.15) is 27.1 Å². The summed E-state index contributed by atoms with van der Waals surface area (Å²) in [5, 5.41) is 4.78. The first kappa shape index (κ1) is 21.9. The summed E-state index contributed by atoms with van der Waals surface area (Å²) in [6, 6.07) is 10.8. The Bertz CT molecular complexity index is 1200. The zero-order valence-electron chi connectivity index (χ0n) is 16.0. The molecule has 0 unspecified atom stereocenters. The van der Waals surface area contributed by atoms with Crippen molar-refractivity contribution in [1.82, 2.24) is 4.98 Å². The minimum absolute atomic E-state index is 0.0406. The summed E-state index contributed by atoms with van der Waals surface area (Å²) in [7, 11) is -3.42. The van der Waals surface area contributed by atoms with Gasteiger partial charge in [-0.1, -0.05) is 23.7 Å². The molecule has 0 radical (unpaired) electrons. The van der Waals surface area contributed by atoms with Gasteiger partial charge in [-0.05, 0) is 37.3 Å². The lowest BCUT2D eigenvalue weighted by Crippen LogP contribution is -2.13. The molecule has 3 aromatic rings. The fourth-order valence-electron chi connectivity index (χ4n) is 2.53. The van der Waals surface area contributed by atoms with Crippen molar-refractivity contribution >= 4 is 50.3 Å². The third-order valence-electron chi connectivity index (χ3n) is 4.01. The molecule has 30 heavy (non-hydrogen) atoms. The lowest BCUT2D eigenvalue weighted by atomic mass is 10.1. The predicted octanol–water partition coefficient (Wildman–Crippen LogP) is 4.30. The summed E-state index contributed by atoms with van der Waals surface area (Å²) in [6.07, 6.45) is 1.07. The van der Waals surface area contributed by atoms with Crippen LogP contribution in [0.25, 0.3) is 11.3 Å². The van der Waals surface area contributed by atoms with E-state index in [-0.39, 0.29) is 27.1 Å². The Morgan fingerprint density at radius 2 is 1.87 bits per heavy atom. The molecule has 10 heteroatoms. The molecule has 3 rings (SSSR count). The summed E-state index contributed by atoms with van der Waals surface area (Å²) in [5.74, 6) is -0.928. The Morgan fingerprint density at radius 1 is 1.17 bits per heavy atom. The van der Waals surface area contributed by atoms with Gasteiger partial charge in [-0.15, -0.1) is 11.3 Å². The quantitative estimate of drug-likeness (QED) is 0.546. The number of rotatable bonds is 6. The first-order valence-corrected chi connectivity index (χ1v) is 11.9. The number of hydrogen-bond acceptors (Lipinski definition) is 7. The van der Waals surface area contributed by atoms with Crippen LogP contribution >= 0.6 is 22.9 Å². The van der Waals surface area contributed by atoms with Crippen LogP contribution in [0.3, 0.4) is 0 Å². The molecular formula is C20H17ClN2O5S2. The van der Waals surface area contributed by atoms with Crippen LogP contribution in [0.4, 0.5) is 5.69 Å². The fraction of sp³-hybridized carbons (Fsp3) is 0.150. The third kappa shape index (κ3) is 5.05. The molecular weight excluding hydrogens is 448 g/mol. The number of carbonyl (C=O) groups excluding carboxylic acids is 2. The standard InChI is InChI=1S/C20H17ClN2O5S2/c1-3-28-20(25)19-23-17(11-29-19)12-4-6-13(7-5-12)22-18(24)15-9-8-14(10-16(15)21)30(2,26)27/h4-11H,3H2,1-2H3,(H,22,24). The summed E-state index contributed by atoms with van der Waals surface area (Å²) in [5.41, 5.74) is 2.08. The Morgan fingerprint density at radius 3 is 2.47 bits per heavy atom. The minimum atomic E-state index is -3.42. The highest BCUT2D eigenvalue weighted by Crippen LogP contribution is 2.25. The average molecular weight is 465 g/mol. The van der Waals surface area contributed by atoms with Gasteiger partial charge in [0.1, 0.15) is 0 Å². The highest BCUT2D eigenvalue weighted by molar-refractivity contribution is 7.90. The molecule has 0 spiro atoms. The molecule has 0 aliphatic rings. The normalized spacial score (nSPS) is 11.2. The van der Waals surface area contributed by atoms with E-state index >= 15 is 0 Å². The van der Waals surface area contributed by atoms with Crippen LogP contribution in [0.15, 0.2) is 52.7 Å². The van der Waals surface area contributed by atoms with E-state index in [4.69, 9.17) is 16.3 Å². The van der Waals surface area contributed by atoms with Gasteiger partial charge >= 0.3 is 5.97 Å². The van der Waals surface area contributed by atoms with Crippen LogP contribution in [-0.2, 0) is 14.6 Å². The molecule has 0 fully saturated rings. The van der Waals surface area contributed by atoms with Gasteiger partial charge in [0.05, 0.1) is 27.8 Å². The highest BCUT2D eigenvalue weighted by atomic mass is 35.5. The largest absolute Gasteiger partial charge is 0.461 e. The first-order valence-electron chi connectivity index (χ1n) is 8.73. The number of anilines is 1. The lowest BCUT2D eigenvalue weighted by Gasteiger charge is -2.08. The number of aromatic nitrogens is 1. The maximum absolute atomic E-state index is 12.5. The van der Waals surface area contributed by atoms with Gasteiger partial charge < -0.3 is 10.1 Å². The van der Waals surface area contributed by atoms with E-state index in [0.29, 0.717) is 11.4 Å². The SMILES string of the molecule is CCOC(=O)c1nc(-c2ccc(NC(=O)c3ccc(S(C)(=O)=O)cc3Cl)cc2)cs1. The maximum Gasteiger partial charge on any atom is 0.367 e. The molecule has 156 valence electrons. The molecule has 1 amide bonds. The summed E-state index contributed by atoms with van der Waals surface area (Å²) < 4.78 is 28.1. The van der Waals surface area contributed by atoms with E-state index < -0.39 is 21.7 Å². The molecule has 0 aliphatic carbocycles. The van der Waals surface area contributed by atoms with Crippen molar-refractivity contribution in [2.24, 2.45) is 0 Å². The van der Waals surface area contributed by atoms with E-state index in [2.05, 4.69) is 10.3 Å². The fourth-order valence-corrected chi connectivity index (χ4v) is 4.22. The molecule has 7 nitrogen and oxygen atoms in total. The number of amides is 1.